The summed E-state index contributed by atoms with van der Waals surface area (Å²) in [6, 6.07) is 58.0. The number of imidazole rings is 1. The second-order valence-corrected chi connectivity index (χ2v) is 19.8. The van der Waals surface area contributed by atoms with Gasteiger partial charge in [0.2, 0.25) is 0 Å². The van der Waals surface area contributed by atoms with E-state index in [0.29, 0.717) is 18.1 Å². The third kappa shape index (κ3) is 20.4. The second kappa shape index (κ2) is 36.4. The van der Waals surface area contributed by atoms with E-state index in [2.05, 4.69) is 176 Å². The van der Waals surface area contributed by atoms with Crippen LogP contribution < -0.4 is 0 Å². The molecular weight excluding hydrogens is 1960 g/mol. The summed E-state index contributed by atoms with van der Waals surface area (Å²) in [7, 11) is 5.91. The Morgan fingerprint density at radius 3 is 1.64 bits per heavy atom. The molecule has 0 spiro atoms. The molecule has 0 saturated heterocycles. The van der Waals surface area contributed by atoms with Crippen molar-refractivity contribution in [1.82, 2.24) is 29.2 Å². The van der Waals surface area contributed by atoms with Crippen LogP contribution >= 0.6 is 0 Å². The summed E-state index contributed by atoms with van der Waals surface area (Å²) >= 11 is 0. The zero-order valence-corrected chi connectivity index (χ0v) is 60.5. The van der Waals surface area contributed by atoms with Crippen molar-refractivity contribution in [2.45, 2.75) is 41.2 Å². The standard InChI is InChI=1S/C18H17N2.C16H15N2.C12H15N2.C11H10N3.C10H9F2N2.5Ir/c1-13-11-14(2)17(15(3)12-13)20-10-9-19-18(20)16-7-5-4-6-8-16;1-3-7-14(8-4-1)13-18-12-11-17-16(18)15-9-5-2-6-10-15;1-9-6-10(2)8-11(7-9)12-13-4-5-14(12)3;1-12-10-5-3-4-9(8-10)11-13-6-7-14(11)2;1-14-5-4-13-10(14)8-3-2-7(11)6-9(8)12;;;;;/h4-7,9-12H,1-3H3;1-9H,11-13H2;6-7H,4-5H2,1-3H3;3,5,8H,6-7H2,2H3;2,6H,4-5H2,1H3;;;;;/q5*-1;;;;;. The quantitative estimate of drug-likeness (QED) is 0.142. The van der Waals surface area contributed by atoms with E-state index >= 15 is 0 Å². The fourth-order valence-corrected chi connectivity index (χ4v) is 9.73. The zero-order chi connectivity index (χ0) is 56.5. The molecule has 0 N–H and O–H groups in total. The summed E-state index contributed by atoms with van der Waals surface area (Å²) in [4.78, 5) is 33.9. The Hall–Kier alpha value is -5.77. The van der Waals surface area contributed by atoms with Gasteiger partial charge in [0.1, 0.15) is 5.69 Å². The largest absolute Gasteiger partial charge is 0.397 e. The number of hydrogen-bond donors (Lipinski definition) is 0. The van der Waals surface area contributed by atoms with E-state index in [0.717, 1.165) is 110 Å². The van der Waals surface area contributed by atoms with Gasteiger partial charge in [0, 0.05) is 212 Å². The number of nitrogens with zero attached hydrogens (tertiary/aromatic N) is 11. The van der Waals surface area contributed by atoms with Gasteiger partial charge in [-0.1, -0.05) is 73.5 Å². The van der Waals surface area contributed by atoms with Crippen molar-refractivity contribution in [3.05, 3.63) is 255 Å². The van der Waals surface area contributed by atoms with Crippen molar-refractivity contribution in [2.24, 2.45) is 20.0 Å². The van der Waals surface area contributed by atoms with Crippen LogP contribution in [0, 0.1) is 83.2 Å². The maximum atomic E-state index is 13.3. The Kier molecular flexibility index (Phi) is 31.5. The van der Waals surface area contributed by atoms with Crippen LogP contribution in [0.15, 0.2) is 166 Å². The van der Waals surface area contributed by atoms with E-state index in [1.54, 1.807) is 12.1 Å². The molecule has 85 heavy (non-hydrogen) atoms. The number of aryl methyl sites for hydroxylation is 5. The molecule has 0 amide bonds. The summed E-state index contributed by atoms with van der Waals surface area (Å²) < 4.78 is 28.1. The Morgan fingerprint density at radius 1 is 0.541 bits per heavy atom. The molecule has 11 nitrogen and oxygen atoms in total. The zero-order valence-electron chi connectivity index (χ0n) is 48.6. The third-order valence-electron chi connectivity index (χ3n) is 13.4. The van der Waals surface area contributed by atoms with Gasteiger partial charge in [-0.2, -0.15) is 6.07 Å². The third-order valence-corrected chi connectivity index (χ3v) is 13.4. The average Bonchev–Trinajstić information content (AvgIpc) is 4.18. The number of amidine groups is 4. The van der Waals surface area contributed by atoms with Gasteiger partial charge >= 0.3 is 0 Å². The Labute approximate surface area is 568 Å². The van der Waals surface area contributed by atoms with Crippen molar-refractivity contribution in [3.63, 3.8) is 0 Å². The van der Waals surface area contributed by atoms with Crippen LogP contribution in [0.3, 0.4) is 0 Å². The summed E-state index contributed by atoms with van der Waals surface area (Å²) in [5, 5.41) is 0. The minimum absolute atomic E-state index is 0. The number of halogens is 2. The summed E-state index contributed by atoms with van der Waals surface area (Å²) in [6.45, 7) is 25.5. The van der Waals surface area contributed by atoms with Gasteiger partial charge in [0.25, 0.3) is 0 Å². The summed E-state index contributed by atoms with van der Waals surface area (Å²) in [5.74, 6) is 3.33. The molecule has 8 aromatic rings. The number of rotatable bonds is 8. The Balaban J connectivity index is 0.000000276. The van der Waals surface area contributed by atoms with Gasteiger partial charge in [-0.15, -0.1) is 143 Å². The molecule has 453 valence electrons. The van der Waals surface area contributed by atoms with E-state index in [1.165, 1.54) is 39.1 Å². The maximum absolute atomic E-state index is 13.3. The fraction of sp³-hybridized carbons (Fsp3) is 0.254. The molecular formula is C67H66F2Ir5N11-5. The van der Waals surface area contributed by atoms with Crippen molar-refractivity contribution in [2.75, 3.05) is 73.5 Å². The van der Waals surface area contributed by atoms with Crippen molar-refractivity contribution in [3.8, 4) is 17.1 Å². The van der Waals surface area contributed by atoms with Gasteiger partial charge in [0.15, 0.2) is 0 Å². The first-order valence-electron chi connectivity index (χ1n) is 26.7. The molecule has 18 heteroatoms. The molecule has 4 aliphatic heterocycles. The van der Waals surface area contributed by atoms with Crippen LogP contribution in [0.5, 0.6) is 0 Å². The second-order valence-electron chi connectivity index (χ2n) is 19.8. The van der Waals surface area contributed by atoms with E-state index in [9.17, 15) is 8.78 Å². The molecule has 0 fully saturated rings. The van der Waals surface area contributed by atoms with Crippen molar-refractivity contribution < 1.29 is 109 Å². The number of aromatic nitrogens is 2. The normalized spacial score (nSPS) is 13.4. The minimum atomic E-state index is -0.618. The van der Waals surface area contributed by atoms with Crippen molar-refractivity contribution in [1.29, 1.82) is 0 Å². The van der Waals surface area contributed by atoms with Crippen LogP contribution in [-0.4, -0.2) is 126 Å². The monoisotopic (exact) mass is 2030 g/mol. The van der Waals surface area contributed by atoms with E-state index in [1.807, 2.05) is 86.0 Å². The molecule has 4 aliphatic rings. The van der Waals surface area contributed by atoms with E-state index in [4.69, 9.17) is 6.57 Å². The van der Waals surface area contributed by atoms with Gasteiger partial charge in [-0.25, -0.2) is 0 Å². The first kappa shape index (κ1) is 73.5. The number of aliphatic imine (C=N–C) groups is 4. The Morgan fingerprint density at radius 2 is 1.08 bits per heavy atom. The summed E-state index contributed by atoms with van der Waals surface area (Å²) in [5.41, 5.74) is 13.8. The molecule has 0 aliphatic carbocycles. The smallest absolute Gasteiger partial charge is 0.109 e. The number of hydrogen-bond acceptors (Lipinski definition) is 9. The molecule has 0 unspecified atom stereocenters. The SMILES string of the molecule is CN1CCN=C1c1[c-]cc(F)cc1F.Cc1[c-]c(C2=NCCN2C)cc(C)c1.Cc1cc(C)c(-n2ccnc2-c2[c-]cccc2)c(C)c1.[C-]#[N+]c1cc[c-]c(C2=NCCN2C)c1.[Ir].[Ir].[Ir].[Ir].[Ir].[c-]1ccccc1C1=NCCN1Cc1ccccc1. The van der Waals surface area contributed by atoms with Gasteiger partial charge < -0.3 is 44.1 Å². The molecule has 1 aromatic heterocycles. The maximum Gasteiger partial charge on any atom is 0.109 e. The van der Waals surface area contributed by atoms with Gasteiger partial charge in [-0.3, -0.25) is 18.6 Å². The predicted octanol–water partition coefficient (Wildman–Crippen LogP) is 12.0. The predicted molar refractivity (Wildman–Crippen MR) is 319 cm³/mol. The Bertz CT molecular complexity index is 3510. The van der Waals surface area contributed by atoms with Gasteiger partial charge in [0.05, 0.1) is 12.4 Å². The van der Waals surface area contributed by atoms with Crippen molar-refractivity contribution >= 4 is 29.0 Å². The van der Waals surface area contributed by atoms with Crippen LogP contribution in [-0.2, 0) is 107 Å². The number of benzene rings is 7. The molecule has 5 heterocycles. The van der Waals surface area contributed by atoms with Crippen LogP contribution in [0.25, 0.3) is 21.9 Å². The van der Waals surface area contributed by atoms with Crippen LogP contribution in [0.4, 0.5) is 14.5 Å². The van der Waals surface area contributed by atoms with Crippen LogP contribution in [0.1, 0.15) is 55.6 Å². The van der Waals surface area contributed by atoms with E-state index in [-0.39, 0.29) is 106 Å². The minimum Gasteiger partial charge on any atom is -0.397 e. The average molecular weight is 2020 g/mol. The first-order valence-corrected chi connectivity index (χ1v) is 26.7. The molecule has 12 rings (SSSR count). The van der Waals surface area contributed by atoms with Gasteiger partial charge in [-0.05, 0) is 58.6 Å². The molecule has 7 aromatic carbocycles. The summed E-state index contributed by atoms with van der Waals surface area (Å²) in [6.07, 6.45) is 3.86. The first-order chi connectivity index (χ1) is 38.8. The topological polar surface area (TPSA) is 84.6 Å². The molecule has 0 saturated carbocycles. The van der Waals surface area contributed by atoms with E-state index < -0.39 is 11.6 Å². The van der Waals surface area contributed by atoms with Crippen LogP contribution in [0.2, 0.25) is 0 Å². The number of likely N-dealkylation sites (N-methyl/N-ethyl adjacent to an activating group) is 3. The molecule has 5 radical (unpaired) electrons. The molecule has 0 bridgehead atoms. The fourth-order valence-electron chi connectivity index (χ4n) is 9.73. The molecule has 0 atom stereocenters.